The van der Waals surface area contributed by atoms with Crippen LogP contribution in [-0.2, 0) is 25.8 Å². The maximum atomic E-state index is 5.48. The molecule has 2 aromatic rings. The Labute approximate surface area is 123 Å². The third-order valence-electron chi connectivity index (χ3n) is 4.41. The highest BCUT2D eigenvalue weighted by atomic mass is 32.1. The monoisotopic (exact) mass is 283 g/mol. The van der Waals surface area contributed by atoms with Crippen LogP contribution in [0, 0.1) is 4.64 Å². The van der Waals surface area contributed by atoms with E-state index in [0.717, 1.165) is 42.8 Å². The fourth-order valence-electron chi connectivity index (χ4n) is 3.33. The summed E-state index contributed by atoms with van der Waals surface area (Å²) in [7, 11) is 0. The van der Waals surface area contributed by atoms with Crippen molar-refractivity contribution in [1.82, 2.24) is 15.3 Å². The van der Waals surface area contributed by atoms with E-state index in [-0.39, 0.29) is 0 Å². The van der Waals surface area contributed by atoms with Crippen LogP contribution >= 0.6 is 12.2 Å². The Kier molecular flexibility index (Phi) is 2.93. The largest absolute Gasteiger partial charge is 0.347 e. The van der Waals surface area contributed by atoms with Crippen LogP contribution < -0.4 is 5.32 Å². The number of aromatic amines is 1. The van der Waals surface area contributed by atoms with Crippen molar-refractivity contribution >= 4 is 12.2 Å². The van der Waals surface area contributed by atoms with Gasteiger partial charge in [-0.2, -0.15) is 0 Å². The lowest BCUT2D eigenvalue weighted by molar-refractivity contribution is 0.600. The van der Waals surface area contributed by atoms with Crippen LogP contribution in [0.3, 0.4) is 0 Å². The van der Waals surface area contributed by atoms with Crippen LogP contribution in [0.15, 0.2) is 24.3 Å². The first-order valence-electron chi connectivity index (χ1n) is 7.21. The maximum absolute atomic E-state index is 5.48. The van der Waals surface area contributed by atoms with Crippen molar-refractivity contribution in [1.29, 1.82) is 0 Å². The molecule has 2 heterocycles. The molecule has 0 atom stereocenters. The summed E-state index contributed by atoms with van der Waals surface area (Å²) in [6.45, 7) is 1.87. The second-order valence-electron chi connectivity index (χ2n) is 5.68. The van der Waals surface area contributed by atoms with E-state index in [1.54, 1.807) is 0 Å². The lowest BCUT2D eigenvalue weighted by Gasteiger charge is -2.19. The van der Waals surface area contributed by atoms with Crippen molar-refractivity contribution in [2.45, 2.75) is 31.7 Å². The molecule has 1 aliphatic heterocycles. The van der Waals surface area contributed by atoms with E-state index in [0.29, 0.717) is 5.92 Å². The molecule has 3 nitrogen and oxygen atoms in total. The highest BCUT2D eigenvalue weighted by molar-refractivity contribution is 7.71. The minimum Gasteiger partial charge on any atom is -0.347 e. The number of hydrogen-bond acceptors (Lipinski definition) is 3. The van der Waals surface area contributed by atoms with E-state index in [9.17, 15) is 0 Å². The SMILES string of the molecule is S=c1nc(C2Cc3ccccc3C2)[nH]c2c1CNCC2. The van der Waals surface area contributed by atoms with Gasteiger partial charge in [0.1, 0.15) is 10.5 Å². The number of hydrogen-bond donors (Lipinski definition) is 2. The Bertz CT molecular complexity index is 695. The third kappa shape index (κ3) is 2.00. The van der Waals surface area contributed by atoms with Gasteiger partial charge in [0.2, 0.25) is 0 Å². The summed E-state index contributed by atoms with van der Waals surface area (Å²) in [5.74, 6) is 1.53. The summed E-state index contributed by atoms with van der Waals surface area (Å²) in [4.78, 5) is 8.24. The summed E-state index contributed by atoms with van der Waals surface area (Å²) < 4.78 is 0.775. The summed E-state index contributed by atoms with van der Waals surface area (Å²) in [5, 5.41) is 3.36. The number of H-pyrrole nitrogens is 1. The molecular formula is C16H17N3S. The summed E-state index contributed by atoms with van der Waals surface area (Å²) in [6.07, 6.45) is 3.17. The van der Waals surface area contributed by atoms with Gasteiger partial charge < -0.3 is 10.3 Å². The standard InChI is InChI=1S/C16H17N3S/c20-16-13-9-17-6-5-14(13)18-15(19-16)12-7-10-3-1-2-4-11(10)8-12/h1-4,12,17H,5-9H2,(H,18,19,20). The molecule has 0 fully saturated rings. The molecule has 0 bridgehead atoms. The molecule has 1 aromatic heterocycles. The van der Waals surface area contributed by atoms with Gasteiger partial charge in [0.05, 0.1) is 0 Å². The molecule has 2 N–H and O–H groups in total. The Morgan fingerprint density at radius 2 is 1.90 bits per heavy atom. The smallest absolute Gasteiger partial charge is 0.134 e. The molecule has 4 heteroatoms. The van der Waals surface area contributed by atoms with Crippen molar-refractivity contribution in [3.8, 4) is 0 Å². The molecular weight excluding hydrogens is 266 g/mol. The highest BCUT2D eigenvalue weighted by Gasteiger charge is 2.25. The van der Waals surface area contributed by atoms with Crippen LogP contribution in [0.5, 0.6) is 0 Å². The Morgan fingerprint density at radius 1 is 1.15 bits per heavy atom. The molecule has 1 aromatic carbocycles. The van der Waals surface area contributed by atoms with Crippen molar-refractivity contribution in [3.63, 3.8) is 0 Å². The van der Waals surface area contributed by atoms with Gasteiger partial charge in [0.15, 0.2) is 0 Å². The van der Waals surface area contributed by atoms with Crippen LogP contribution in [0.2, 0.25) is 0 Å². The lowest BCUT2D eigenvalue weighted by Crippen LogP contribution is -2.26. The van der Waals surface area contributed by atoms with E-state index in [1.807, 2.05) is 0 Å². The first kappa shape index (κ1) is 12.2. The summed E-state index contributed by atoms with van der Waals surface area (Å²) in [6, 6.07) is 8.70. The Balaban J connectivity index is 1.71. The molecule has 0 saturated heterocycles. The van der Waals surface area contributed by atoms with Gasteiger partial charge in [-0.1, -0.05) is 36.5 Å². The predicted octanol–water partition coefficient (Wildman–Crippen LogP) is 2.67. The van der Waals surface area contributed by atoms with Crippen LogP contribution in [-0.4, -0.2) is 16.5 Å². The first-order chi connectivity index (χ1) is 9.81. The fourth-order valence-corrected chi connectivity index (χ4v) is 3.63. The van der Waals surface area contributed by atoms with E-state index >= 15 is 0 Å². The third-order valence-corrected chi connectivity index (χ3v) is 4.75. The van der Waals surface area contributed by atoms with Crippen LogP contribution in [0.4, 0.5) is 0 Å². The van der Waals surface area contributed by atoms with E-state index in [1.165, 1.54) is 22.4 Å². The number of nitrogens with one attached hydrogen (secondary N) is 2. The molecule has 1 aliphatic carbocycles. The van der Waals surface area contributed by atoms with E-state index in [4.69, 9.17) is 12.2 Å². The van der Waals surface area contributed by atoms with Gasteiger partial charge in [-0.15, -0.1) is 0 Å². The molecule has 0 spiro atoms. The Morgan fingerprint density at radius 3 is 2.65 bits per heavy atom. The van der Waals surface area contributed by atoms with Gasteiger partial charge >= 0.3 is 0 Å². The number of benzene rings is 1. The molecule has 20 heavy (non-hydrogen) atoms. The zero-order valence-electron chi connectivity index (χ0n) is 11.3. The molecule has 0 unspecified atom stereocenters. The van der Waals surface area contributed by atoms with Crippen molar-refractivity contribution in [2.75, 3.05) is 6.54 Å². The molecule has 0 radical (unpaired) electrons. The topological polar surface area (TPSA) is 40.7 Å². The number of rotatable bonds is 1. The van der Waals surface area contributed by atoms with E-state index < -0.39 is 0 Å². The van der Waals surface area contributed by atoms with Gasteiger partial charge in [-0.25, -0.2) is 4.98 Å². The molecule has 102 valence electrons. The Hall–Kier alpha value is -1.52. The minimum atomic E-state index is 0.453. The van der Waals surface area contributed by atoms with Crippen LogP contribution in [0.1, 0.15) is 34.1 Å². The van der Waals surface area contributed by atoms with E-state index in [2.05, 4.69) is 39.6 Å². The number of aromatic nitrogens is 2. The first-order valence-corrected chi connectivity index (χ1v) is 7.61. The number of nitrogens with zero attached hydrogens (tertiary/aromatic N) is 1. The zero-order chi connectivity index (χ0) is 13.5. The van der Waals surface area contributed by atoms with Gasteiger partial charge in [-0.05, 0) is 24.0 Å². The summed E-state index contributed by atoms with van der Waals surface area (Å²) in [5.41, 5.74) is 5.39. The molecule has 0 amide bonds. The quantitative estimate of drug-likeness (QED) is 0.791. The second kappa shape index (κ2) is 4.79. The summed E-state index contributed by atoms with van der Waals surface area (Å²) >= 11 is 5.48. The van der Waals surface area contributed by atoms with Crippen molar-refractivity contribution < 1.29 is 0 Å². The normalized spacial score (nSPS) is 17.8. The van der Waals surface area contributed by atoms with Crippen LogP contribution in [0.25, 0.3) is 0 Å². The lowest BCUT2D eigenvalue weighted by atomic mass is 10.0. The fraction of sp³-hybridized carbons (Fsp3) is 0.375. The van der Waals surface area contributed by atoms with Crippen molar-refractivity contribution in [3.05, 3.63) is 57.1 Å². The average molecular weight is 283 g/mol. The predicted molar refractivity (Wildman–Crippen MR) is 81.4 cm³/mol. The maximum Gasteiger partial charge on any atom is 0.134 e. The molecule has 2 aliphatic rings. The molecule has 0 saturated carbocycles. The molecule has 4 rings (SSSR count). The highest BCUT2D eigenvalue weighted by Crippen LogP contribution is 2.32. The number of fused-ring (bicyclic) bond motifs is 2. The van der Waals surface area contributed by atoms with Gasteiger partial charge in [0, 0.05) is 36.7 Å². The van der Waals surface area contributed by atoms with Gasteiger partial charge in [-0.3, -0.25) is 0 Å². The average Bonchev–Trinajstić information content (AvgIpc) is 2.91. The zero-order valence-corrected chi connectivity index (χ0v) is 12.1. The second-order valence-corrected chi connectivity index (χ2v) is 6.07. The van der Waals surface area contributed by atoms with Crippen molar-refractivity contribution in [2.24, 2.45) is 0 Å². The minimum absolute atomic E-state index is 0.453. The van der Waals surface area contributed by atoms with Gasteiger partial charge in [0.25, 0.3) is 0 Å².